The van der Waals surface area contributed by atoms with E-state index in [2.05, 4.69) is 9.97 Å². The third-order valence-corrected chi connectivity index (χ3v) is 2.99. The number of hydrogen-bond acceptors (Lipinski definition) is 4. The molecule has 0 saturated carbocycles. The minimum absolute atomic E-state index is 0.220. The van der Waals surface area contributed by atoms with Crippen molar-refractivity contribution in [2.75, 3.05) is 5.73 Å². The average Bonchev–Trinajstić information content (AvgIpc) is 2.38. The maximum Gasteiger partial charge on any atom is 0.142 e. The van der Waals surface area contributed by atoms with Gasteiger partial charge in [-0.15, -0.1) is 0 Å². The van der Waals surface area contributed by atoms with Gasteiger partial charge in [0.05, 0.1) is 16.6 Å². The predicted molar refractivity (Wildman–Crippen MR) is 71.2 cm³/mol. The van der Waals surface area contributed by atoms with Gasteiger partial charge in [0.1, 0.15) is 11.9 Å². The summed E-state index contributed by atoms with van der Waals surface area (Å²) >= 11 is 5.98. The van der Waals surface area contributed by atoms with Crippen molar-refractivity contribution >= 4 is 39.2 Å². The van der Waals surface area contributed by atoms with Gasteiger partial charge in [-0.25, -0.2) is 4.98 Å². The number of nitriles is 1. The fraction of sp³-hybridized carbons (Fsp3) is 0. The third kappa shape index (κ3) is 1.53. The van der Waals surface area contributed by atoms with Crippen LogP contribution in [0.15, 0.2) is 30.5 Å². The van der Waals surface area contributed by atoms with Crippen LogP contribution in [0.4, 0.5) is 5.82 Å². The summed E-state index contributed by atoms with van der Waals surface area (Å²) in [5.41, 5.74) is 7.59. The molecule has 3 rings (SSSR count). The highest BCUT2D eigenvalue weighted by molar-refractivity contribution is 6.31. The summed E-state index contributed by atoms with van der Waals surface area (Å²) in [6.07, 6.45) is 1.68. The van der Waals surface area contributed by atoms with Gasteiger partial charge in [0.25, 0.3) is 0 Å². The molecule has 4 nitrogen and oxygen atoms in total. The van der Waals surface area contributed by atoms with Crippen molar-refractivity contribution in [3.63, 3.8) is 0 Å². The molecule has 18 heavy (non-hydrogen) atoms. The molecular formula is C13H7ClN4. The van der Waals surface area contributed by atoms with Gasteiger partial charge >= 0.3 is 0 Å². The molecule has 0 atom stereocenters. The molecule has 0 fully saturated rings. The van der Waals surface area contributed by atoms with Crippen molar-refractivity contribution in [3.05, 3.63) is 41.0 Å². The fourth-order valence-corrected chi connectivity index (χ4v) is 2.07. The van der Waals surface area contributed by atoms with Gasteiger partial charge in [-0.2, -0.15) is 5.26 Å². The number of anilines is 1. The second kappa shape index (κ2) is 3.83. The van der Waals surface area contributed by atoms with E-state index in [0.717, 1.165) is 16.3 Å². The third-order valence-electron chi connectivity index (χ3n) is 2.76. The molecule has 1 aromatic carbocycles. The molecular weight excluding hydrogens is 248 g/mol. The molecule has 0 aliphatic heterocycles. The standard InChI is InChI=1S/C13H7ClN4/c14-9-1-2-11-10(4-9)12-8(6-17-11)3-7(5-15)13(16)18-12/h1-4,6H,(H2,16,18). The Kier molecular flexibility index (Phi) is 2.29. The quantitative estimate of drug-likeness (QED) is 0.626. The summed E-state index contributed by atoms with van der Waals surface area (Å²) in [6.45, 7) is 0. The smallest absolute Gasteiger partial charge is 0.142 e. The van der Waals surface area contributed by atoms with Crippen molar-refractivity contribution in [3.8, 4) is 6.07 Å². The first kappa shape index (κ1) is 10.8. The summed E-state index contributed by atoms with van der Waals surface area (Å²) < 4.78 is 0. The van der Waals surface area contributed by atoms with Crippen LogP contribution >= 0.6 is 11.6 Å². The average molecular weight is 255 g/mol. The van der Waals surface area contributed by atoms with Crippen LogP contribution in [0.5, 0.6) is 0 Å². The number of fused-ring (bicyclic) bond motifs is 3. The van der Waals surface area contributed by atoms with Crippen LogP contribution in [0.3, 0.4) is 0 Å². The lowest BCUT2D eigenvalue weighted by atomic mass is 10.1. The lowest BCUT2D eigenvalue weighted by Gasteiger charge is -2.05. The van der Waals surface area contributed by atoms with E-state index in [4.69, 9.17) is 22.6 Å². The number of benzene rings is 1. The maximum absolute atomic E-state index is 8.92. The van der Waals surface area contributed by atoms with E-state index in [1.165, 1.54) is 0 Å². The van der Waals surface area contributed by atoms with Crippen LogP contribution in [0.25, 0.3) is 21.8 Å². The molecule has 0 aliphatic rings. The van der Waals surface area contributed by atoms with Gasteiger partial charge in [-0.1, -0.05) is 11.6 Å². The van der Waals surface area contributed by atoms with Gasteiger partial charge in [-0.05, 0) is 24.3 Å². The summed E-state index contributed by atoms with van der Waals surface area (Å²) in [7, 11) is 0. The molecule has 0 radical (unpaired) electrons. The summed E-state index contributed by atoms with van der Waals surface area (Å²) in [6, 6.07) is 9.09. The Morgan fingerprint density at radius 1 is 1.28 bits per heavy atom. The van der Waals surface area contributed by atoms with Crippen molar-refractivity contribution in [1.82, 2.24) is 9.97 Å². The number of nitrogens with two attached hydrogens (primary N) is 1. The van der Waals surface area contributed by atoms with E-state index in [1.807, 2.05) is 12.1 Å². The van der Waals surface area contributed by atoms with E-state index >= 15 is 0 Å². The van der Waals surface area contributed by atoms with Gasteiger partial charge in [0, 0.05) is 22.0 Å². The lowest BCUT2D eigenvalue weighted by Crippen LogP contribution is -1.96. The van der Waals surface area contributed by atoms with Gasteiger partial charge < -0.3 is 5.73 Å². The van der Waals surface area contributed by atoms with Gasteiger partial charge in [0.15, 0.2) is 0 Å². The molecule has 3 aromatic rings. The van der Waals surface area contributed by atoms with Crippen LogP contribution in [-0.4, -0.2) is 9.97 Å². The zero-order valence-electron chi connectivity index (χ0n) is 9.18. The topological polar surface area (TPSA) is 75.6 Å². The SMILES string of the molecule is N#Cc1cc2cnc3ccc(Cl)cc3c2nc1N. The Morgan fingerprint density at radius 3 is 2.89 bits per heavy atom. The Labute approximate surface area is 108 Å². The van der Waals surface area contributed by atoms with Crippen molar-refractivity contribution in [2.45, 2.75) is 0 Å². The number of pyridine rings is 2. The number of halogens is 1. The molecule has 0 spiro atoms. The molecule has 5 heteroatoms. The van der Waals surface area contributed by atoms with Gasteiger partial charge in [0.2, 0.25) is 0 Å². The van der Waals surface area contributed by atoms with Crippen molar-refractivity contribution in [2.24, 2.45) is 0 Å². The molecule has 0 amide bonds. The Bertz CT molecular complexity index is 820. The molecule has 2 aromatic heterocycles. The van der Waals surface area contributed by atoms with Gasteiger partial charge in [-0.3, -0.25) is 4.98 Å². The van der Waals surface area contributed by atoms with Crippen LogP contribution < -0.4 is 5.73 Å². The molecule has 86 valence electrons. The highest BCUT2D eigenvalue weighted by atomic mass is 35.5. The summed E-state index contributed by atoms with van der Waals surface area (Å²) in [5, 5.41) is 11.1. The van der Waals surface area contributed by atoms with Crippen molar-refractivity contribution < 1.29 is 0 Å². The molecule has 2 N–H and O–H groups in total. The molecule has 0 aliphatic carbocycles. The second-order valence-corrected chi connectivity index (χ2v) is 4.33. The van der Waals surface area contributed by atoms with E-state index < -0.39 is 0 Å². The predicted octanol–water partition coefficient (Wildman–Crippen LogP) is 2.89. The molecule has 0 unspecified atom stereocenters. The summed E-state index contributed by atoms with van der Waals surface area (Å²) in [4.78, 5) is 8.58. The monoisotopic (exact) mass is 254 g/mol. The van der Waals surface area contributed by atoms with Crippen LogP contribution in [0.1, 0.15) is 5.56 Å². The second-order valence-electron chi connectivity index (χ2n) is 3.89. The van der Waals surface area contributed by atoms with Crippen LogP contribution in [0.2, 0.25) is 5.02 Å². The van der Waals surface area contributed by atoms with E-state index in [1.54, 1.807) is 24.4 Å². The molecule has 0 saturated heterocycles. The highest BCUT2D eigenvalue weighted by Crippen LogP contribution is 2.26. The van der Waals surface area contributed by atoms with Crippen LogP contribution in [0, 0.1) is 11.3 Å². The molecule has 0 bridgehead atoms. The van der Waals surface area contributed by atoms with E-state index in [-0.39, 0.29) is 5.82 Å². The molecule has 2 heterocycles. The van der Waals surface area contributed by atoms with E-state index in [9.17, 15) is 0 Å². The Morgan fingerprint density at radius 2 is 2.11 bits per heavy atom. The number of nitrogens with zero attached hydrogens (tertiary/aromatic N) is 3. The number of aromatic nitrogens is 2. The first-order chi connectivity index (χ1) is 8.69. The Hall–Kier alpha value is -2.38. The zero-order chi connectivity index (χ0) is 12.7. The fourth-order valence-electron chi connectivity index (χ4n) is 1.90. The number of nitrogen functional groups attached to an aromatic ring is 1. The first-order valence-electron chi connectivity index (χ1n) is 5.23. The first-order valence-corrected chi connectivity index (χ1v) is 5.61. The normalized spacial score (nSPS) is 10.7. The maximum atomic E-state index is 8.92. The van der Waals surface area contributed by atoms with Crippen molar-refractivity contribution in [1.29, 1.82) is 5.26 Å². The minimum Gasteiger partial charge on any atom is -0.383 e. The van der Waals surface area contributed by atoms with E-state index in [0.29, 0.717) is 16.1 Å². The highest BCUT2D eigenvalue weighted by Gasteiger charge is 2.08. The summed E-state index contributed by atoms with van der Waals surface area (Å²) in [5.74, 6) is 0.220. The number of hydrogen-bond donors (Lipinski definition) is 1. The Balaban J connectivity index is 2.51. The lowest BCUT2D eigenvalue weighted by molar-refractivity contribution is 1.36. The zero-order valence-corrected chi connectivity index (χ0v) is 9.94. The number of rotatable bonds is 0. The minimum atomic E-state index is 0.220. The largest absolute Gasteiger partial charge is 0.383 e. The van der Waals surface area contributed by atoms with Crippen LogP contribution in [-0.2, 0) is 0 Å².